The van der Waals surface area contributed by atoms with Crippen LogP contribution in [0.5, 0.6) is 5.75 Å². The minimum Gasteiger partial charge on any atom is -0.494 e. The number of nitriles is 2. The smallest absolute Gasteiger partial charge is 0.316 e. The Labute approximate surface area is 190 Å². The molecular weight excluding hydrogens is 424 g/mol. The van der Waals surface area contributed by atoms with Crippen LogP contribution in [0.25, 0.3) is 11.1 Å². The number of hydrogen-bond acceptors (Lipinski definition) is 7. The van der Waals surface area contributed by atoms with Crippen molar-refractivity contribution in [2.24, 2.45) is 0 Å². The summed E-state index contributed by atoms with van der Waals surface area (Å²) in [5.74, 6) is 0.350. The van der Waals surface area contributed by atoms with E-state index in [1.54, 1.807) is 24.3 Å². The molecule has 0 bridgehead atoms. The number of H-pyrrole nitrogens is 1. The monoisotopic (exact) mass is 445 g/mol. The Balaban J connectivity index is 1.84. The average Bonchev–Trinajstić information content (AvgIpc) is 2.82. The number of ether oxygens (including phenoxy) is 2. The normalized spacial score (nSPS) is 10.1. The Kier molecular flexibility index (Phi) is 7.69. The number of hydrogen-bond donors (Lipinski definition) is 1. The molecule has 3 aromatic rings. The van der Waals surface area contributed by atoms with Gasteiger partial charge in [-0.3, -0.25) is 10.5 Å². The number of thioether (sulfide) groups is 1. The van der Waals surface area contributed by atoms with Gasteiger partial charge >= 0.3 is 5.97 Å². The topological polar surface area (TPSA) is 123 Å². The molecule has 8 heteroatoms. The third-order valence-corrected chi connectivity index (χ3v) is 5.47. The Bertz CT molecular complexity index is 1180. The number of nitrogens with zero attached hydrogens (tertiary/aromatic N) is 2. The molecule has 1 heterocycles. The van der Waals surface area contributed by atoms with E-state index < -0.39 is 5.97 Å². The van der Waals surface area contributed by atoms with Gasteiger partial charge in [0.25, 0.3) is 5.82 Å². The summed E-state index contributed by atoms with van der Waals surface area (Å²) in [7, 11) is 0. The average molecular weight is 446 g/mol. The quantitative estimate of drug-likeness (QED) is 0.414. The molecule has 3 rings (SSSR count). The van der Waals surface area contributed by atoms with Crippen molar-refractivity contribution < 1.29 is 19.3 Å². The zero-order valence-electron chi connectivity index (χ0n) is 17.4. The van der Waals surface area contributed by atoms with Gasteiger partial charge in [0.1, 0.15) is 35.6 Å². The number of carbonyl (C=O) groups is 1. The van der Waals surface area contributed by atoms with E-state index in [0.29, 0.717) is 28.5 Å². The third-order valence-electron chi connectivity index (χ3n) is 4.50. The molecule has 0 radical (unpaired) electrons. The Morgan fingerprint density at radius 1 is 1.06 bits per heavy atom. The first-order chi connectivity index (χ1) is 15.6. The van der Waals surface area contributed by atoms with Gasteiger partial charge in [-0.05, 0) is 30.2 Å². The summed E-state index contributed by atoms with van der Waals surface area (Å²) in [6, 6.07) is 20.6. The van der Waals surface area contributed by atoms with Crippen LogP contribution in [0, 0.1) is 22.7 Å². The molecule has 0 fully saturated rings. The number of pyridine rings is 1. The molecular formula is C24H21N4O3S+. The molecule has 0 aliphatic rings. The fourth-order valence-electron chi connectivity index (χ4n) is 3.04. The van der Waals surface area contributed by atoms with E-state index in [9.17, 15) is 15.3 Å². The summed E-state index contributed by atoms with van der Waals surface area (Å²) in [5, 5.41) is 19.9. The van der Waals surface area contributed by atoms with E-state index >= 15 is 0 Å². The summed E-state index contributed by atoms with van der Waals surface area (Å²) >= 11 is 1.10. The highest BCUT2D eigenvalue weighted by molar-refractivity contribution is 7.99. The lowest BCUT2D eigenvalue weighted by molar-refractivity contribution is -0.410. The van der Waals surface area contributed by atoms with Gasteiger partial charge in [-0.25, -0.2) is 4.98 Å². The van der Waals surface area contributed by atoms with E-state index in [0.717, 1.165) is 17.3 Å². The summed E-state index contributed by atoms with van der Waals surface area (Å²) in [4.78, 5) is 15.1. The van der Waals surface area contributed by atoms with Crippen molar-refractivity contribution in [1.82, 2.24) is 0 Å². The number of nitrogen functional groups attached to an aromatic ring is 1. The number of benzene rings is 2. The van der Waals surface area contributed by atoms with Crippen LogP contribution in [-0.4, -0.2) is 18.3 Å². The summed E-state index contributed by atoms with van der Waals surface area (Å²) in [5.41, 5.74) is 8.42. The number of aromatic nitrogens is 1. The van der Waals surface area contributed by atoms with Crippen LogP contribution in [0.1, 0.15) is 23.6 Å². The number of rotatable bonds is 8. The summed E-state index contributed by atoms with van der Waals surface area (Å²) in [6.45, 7) is 2.58. The predicted molar refractivity (Wildman–Crippen MR) is 120 cm³/mol. The van der Waals surface area contributed by atoms with E-state index in [4.69, 9.17) is 15.2 Å². The molecule has 160 valence electrons. The largest absolute Gasteiger partial charge is 0.494 e. The van der Waals surface area contributed by atoms with Gasteiger partial charge in [-0.2, -0.15) is 10.5 Å². The Hall–Kier alpha value is -4.01. The van der Waals surface area contributed by atoms with E-state index in [1.165, 1.54) is 0 Å². The van der Waals surface area contributed by atoms with Gasteiger partial charge in [-0.15, -0.1) is 0 Å². The molecule has 0 atom stereocenters. The maximum atomic E-state index is 12.2. The Morgan fingerprint density at radius 3 is 2.38 bits per heavy atom. The lowest BCUT2D eigenvalue weighted by Crippen LogP contribution is -2.19. The standard InChI is InChI=1S/C24H20N4O3S/c1-2-30-18-10-8-17(9-11-18)22-19(12-25)23(27)28-24(20(22)13-26)32-15-21(29)31-14-16-6-4-3-5-7-16/h3-11H,2,14-15H2,1H3,(H2,27,28)/p+1. The number of carbonyl (C=O) groups excluding carboxylic acids is 1. The first kappa shape index (κ1) is 22.7. The summed E-state index contributed by atoms with van der Waals surface area (Å²) in [6.07, 6.45) is 0. The fourth-order valence-corrected chi connectivity index (χ4v) is 3.86. The molecule has 2 aromatic carbocycles. The molecule has 32 heavy (non-hydrogen) atoms. The molecule has 1 aromatic heterocycles. The van der Waals surface area contributed by atoms with Crippen molar-refractivity contribution >= 4 is 23.5 Å². The zero-order valence-corrected chi connectivity index (χ0v) is 18.2. The highest BCUT2D eigenvalue weighted by Gasteiger charge is 2.24. The van der Waals surface area contributed by atoms with Crippen molar-refractivity contribution in [3.05, 3.63) is 71.3 Å². The van der Waals surface area contributed by atoms with Crippen LogP contribution in [-0.2, 0) is 16.1 Å². The first-order valence-corrected chi connectivity index (χ1v) is 10.8. The SMILES string of the molecule is CCOc1ccc(-c2c(C#N)c(N)[nH+]c(SCC(=O)OCc3ccccc3)c2C#N)cc1. The highest BCUT2D eigenvalue weighted by atomic mass is 32.2. The molecule has 0 saturated heterocycles. The maximum Gasteiger partial charge on any atom is 0.316 e. The summed E-state index contributed by atoms with van der Waals surface area (Å²) < 4.78 is 10.8. The van der Waals surface area contributed by atoms with Crippen LogP contribution in [0.2, 0.25) is 0 Å². The molecule has 0 saturated carbocycles. The molecule has 0 spiro atoms. The minimum absolute atomic E-state index is 0.0218. The number of esters is 1. The van der Waals surface area contributed by atoms with Crippen LogP contribution in [0.3, 0.4) is 0 Å². The van der Waals surface area contributed by atoms with Crippen LogP contribution in [0.15, 0.2) is 59.6 Å². The van der Waals surface area contributed by atoms with Crippen LogP contribution < -0.4 is 15.5 Å². The molecule has 0 aliphatic carbocycles. The van der Waals surface area contributed by atoms with Gasteiger partial charge < -0.3 is 9.47 Å². The van der Waals surface area contributed by atoms with E-state index in [1.807, 2.05) is 37.3 Å². The van der Waals surface area contributed by atoms with Crippen molar-refractivity contribution in [1.29, 1.82) is 10.5 Å². The number of aromatic amines is 1. The van der Waals surface area contributed by atoms with Crippen molar-refractivity contribution in [2.75, 3.05) is 18.1 Å². The minimum atomic E-state index is -0.429. The molecule has 0 amide bonds. The molecule has 0 aliphatic heterocycles. The second-order valence-electron chi connectivity index (χ2n) is 6.61. The first-order valence-electron chi connectivity index (χ1n) is 9.81. The lowest BCUT2D eigenvalue weighted by atomic mass is 9.97. The van der Waals surface area contributed by atoms with Gasteiger partial charge in [0.05, 0.1) is 12.4 Å². The van der Waals surface area contributed by atoms with E-state index in [2.05, 4.69) is 17.1 Å². The van der Waals surface area contributed by atoms with Crippen molar-refractivity contribution in [3.8, 4) is 29.0 Å². The lowest BCUT2D eigenvalue weighted by Gasteiger charge is -2.11. The Morgan fingerprint density at radius 2 is 1.75 bits per heavy atom. The van der Waals surface area contributed by atoms with Gasteiger partial charge in [0.2, 0.25) is 0 Å². The molecule has 0 unspecified atom stereocenters. The van der Waals surface area contributed by atoms with Crippen LogP contribution >= 0.6 is 11.8 Å². The van der Waals surface area contributed by atoms with Gasteiger partial charge in [-0.1, -0.05) is 54.2 Å². The second-order valence-corrected chi connectivity index (χ2v) is 7.59. The van der Waals surface area contributed by atoms with Crippen molar-refractivity contribution in [2.45, 2.75) is 18.6 Å². The molecule has 7 nitrogen and oxygen atoms in total. The number of anilines is 1. The second kappa shape index (κ2) is 10.9. The number of nitrogens with two attached hydrogens (primary N) is 1. The highest BCUT2D eigenvalue weighted by Crippen LogP contribution is 2.34. The predicted octanol–water partition coefficient (Wildman–Crippen LogP) is 3.73. The molecule has 3 N–H and O–H groups in total. The van der Waals surface area contributed by atoms with Gasteiger partial charge in [0, 0.05) is 5.56 Å². The van der Waals surface area contributed by atoms with Gasteiger partial charge in [0.15, 0.2) is 5.03 Å². The van der Waals surface area contributed by atoms with Crippen LogP contribution in [0.4, 0.5) is 5.82 Å². The van der Waals surface area contributed by atoms with Crippen molar-refractivity contribution in [3.63, 3.8) is 0 Å². The maximum absolute atomic E-state index is 12.2. The van der Waals surface area contributed by atoms with E-state index in [-0.39, 0.29) is 29.3 Å². The fraction of sp³-hybridized carbons (Fsp3) is 0.167. The number of nitrogens with one attached hydrogen (secondary N) is 1. The zero-order chi connectivity index (χ0) is 22.9. The third kappa shape index (κ3) is 5.37.